The zero-order valence-corrected chi connectivity index (χ0v) is 17.5. The fourth-order valence-electron chi connectivity index (χ4n) is 3.26. The van der Waals surface area contributed by atoms with Crippen molar-refractivity contribution in [1.82, 2.24) is 19.5 Å². The molecule has 2 aromatic heterocycles. The van der Waals surface area contributed by atoms with E-state index in [1.807, 2.05) is 6.92 Å². The Hall–Kier alpha value is -4.54. The van der Waals surface area contributed by atoms with Crippen LogP contribution in [0.4, 0.5) is 5.69 Å². The summed E-state index contributed by atoms with van der Waals surface area (Å²) in [6, 6.07) is 11.2. The van der Waals surface area contributed by atoms with Crippen molar-refractivity contribution in [3.05, 3.63) is 63.3 Å². The molecule has 1 amide bonds. The quantitative estimate of drug-likeness (QED) is 0.361. The number of ether oxygens (including phenoxy) is 1. The fraction of sp³-hybridized carbons (Fsp3) is 0.182. The molecule has 4 rings (SSSR count). The van der Waals surface area contributed by atoms with Gasteiger partial charge < -0.3 is 15.2 Å². The third-order valence-corrected chi connectivity index (χ3v) is 4.75. The number of hydrogen-bond acceptors (Lipinski definition) is 7. The second-order valence-electron chi connectivity index (χ2n) is 7.06. The summed E-state index contributed by atoms with van der Waals surface area (Å²) in [5.41, 5.74) is 0.149. The van der Waals surface area contributed by atoms with Crippen molar-refractivity contribution in [1.29, 1.82) is 0 Å². The Morgan fingerprint density at radius 3 is 2.52 bits per heavy atom. The molecular weight excluding hydrogens is 430 g/mol. The van der Waals surface area contributed by atoms with E-state index in [4.69, 9.17) is 9.84 Å². The van der Waals surface area contributed by atoms with Gasteiger partial charge in [-0.05, 0) is 49.4 Å². The summed E-state index contributed by atoms with van der Waals surface area (Å²) in [7, 11) is 0. The van der Waals surface area contributed by atoms with E-state index in [-0.39, 0.29) is 24.0 Å². The van der Waals surface area contributed by atoms with Gasteiger partial charge in [0.25, 0.3) is 5.56 Å². The Kier molecular flexibility index (Phi) is 5.85. The van der Waals surface area contributed by atoms with Crippen LogP contribution in [0.15, 0.2) is 52.1 Å². The molecular formula is C22H19N5O6. The molecule has 0 aliphatic heterocycles. The van der Waals surface area contributed by atoms with Gasteiger partial charge in [-0.15, -0.1) is 0 Å². The van der Waals surface area contributed by atoms with Gasteiger partial charge in [0, 0.05) is 12.1 Å². The van der Waals surface area contributed by atoms with E-state index in [1.165, 1.54) is 6.07 Å². The summed E-state index contributed by atoms with van der Waals surface area (Å²) in [5, 5.41) is 11.3. The molecule has 0 unspecified atom stereocenters. The molecule has 2 heterocycles. The van der Waals surface area contributed by atoms with Crippen molar-refractivity contribution < 1.29 is 19.4 Å². The number of nitrogens with zero attached hydrogens (tertiary/aromatic N) is 3. The van der Waals surface area contributed by atoms with Gasteiger partial charge in [0.15, 0.2) is 11.2 Å². The molecule has 0 saturated heterocycles. The number of fused-ring (bicyclic) bond motifs is 2. The van der Waals surface area contributed by atoms with Crippen LogP contribution < -0.4 is 21.3 Å². The third-order valence-electron chi connectivity index (χ3n) is 4.75. The van der Waals surface area contributed by atoms with Gasteiger partial charge in [-0.3, -0.25) is 19.4 Å². The normalized spacial score (nSPS) is 10.9. The number of rotatable bonds is 7. The third kappa shape index (κ3) is 4.56. The number of aromatic nitrogens is 4. The van der Waals surface area contributed by atoms with E-state index in [0.717, 1.165) is 4.57 Å². The van der Waals surface area contributed by atoms with Crippen LogP contribution >= 0.6 is 0 Å². The molecule has 0 bridgehead atoms. The molecule has 4 aromatic rings. The highest BCUT2D eigenvalue weighted by molar-refractivity contribution is 5.95. The minimum atomic E-state index is -1.07. The summed E-state index contributed by atoms with van der Waals surface area (Å²) in [5.74, 6) is -0.916. The smallest absolute Gasteiger partial charge is 0.334 e. The Labute approximate surface area is 185 Å². The van der Waals surface area contributed by atoms with Gasteiger partial charge >= 0.3 is 11.7 Å². The first-order chi connectivity index (χ1) is 15.9. The van der Waals surface area contributed by atoms with Crippen LogP contribution in [0, 0.1) is 0 Å². The number of H-pyrrole nitrogens is 1. The van der Waals surface area contributed by atoms with E-state index in [2.05, 4.69) is 20.3 Å². The maximum atomic E-state index is 13.0. The van der Waals surface area contributed by atoms with Gasteiger partial charge in [0.1, 0.15) is 5.75 Å². The summed E-state index contributed by atoms with van der Waals surface area (Å²) >= 11 is 0. The van der Waals surface area contributed by atoms with E-state index in [1.54, 1.807) is 36.4 Å². The summed E-state index contributed by atoms with van der Waals surface area (Å²) in [4.78, 5) is 59.4. The second-order valence-corrected chi connectivity index (χ2v) is 7.06. The lowest BCUT2D eigenvalue weighted by Crippen LogP contribution is -2.34. The van der Waals surface area contributed by atoms with Gasteiger partial charge in [-0.2, -0.15) is 0 Å². The van der Waals surface area contributed by atoms with Crippen LogP contribution in [0.1, 0.15) is 19.8 Å². The number of carboxylic acid groups (broad SMARTS) is 1. The number of anilines is 1. The van der Waals surface area contributed by atoms with E-state index < -0.39 is 23.1 Å². The fourth-order valence-corrected chi connectivity index (χ4v) is 3.26. The number of hydrogen-bond donors (Lipinski definition) is 3. The van der Waals surface area contributed by atoms with E-state index in [0.29, 0.717) is 34.8 Å². The lowest BCUT2D eigenvalue weighted by molar-refractivity contribution is -0.138. The number of carbonyl (C=O) groups is 2. The van der Waals surface area contributed by atoms with Crippen molar-refractivity contribution in [2.75, 3.05) is 11.9 Å². The minimum Gasteiger partial charge on any atom is -0.494 e. The predicted octanol–water partition coefficient (Wildman–Crippen LogP) is 1.82. The highest BCUT2D eigenvalue weighted by atomic mass is 16.5. The van der Waals surface area contributed by atoms with Crippen LogP contribution in [-0.4, -0.2) is 43.1 Å². The number of nitrogens with one attached hydrogen (secondary N) is 2. The molecule has 168 valence electrons. The van der Waals surface area contributed by atoms with Crippen molar-refractivity contribution in [2.24, 2.45) is 0 Å². The van der Waals surface area contributed by atoms with Crippen molar-refractivity contribution in [3.63, 3.8) is 0 Å². The molecule has 0 spiro atoms. The highest BCUT2D eigenvalue weighted by Gasteiger charge is 2.14. The average Bonchev–Trinajstić information content (AvgIpc) is 2.78. The topological polar surface area (TPSA) is 156 Å². The van der Waals surface area contributed by atoms with Crippen molar-refractivity contribution >= 4 is 39.8 Å². The van der Waals surface area contributed by atoms with E-state index in [9.17, 15) is 19.2 Å². The van der Waals surface area contributed by atoms with Gasteiger partial charge in [-0.25, -0.2) is 19.3 Å². The number of carbonyl (C=O) groups excluding carboxylic acids is 1. The summed E-state index contributed by atoms with van der Waals surface area (Å²) in [6.07, 6.45) is -0.457. The number of aromatic amines is 1. The highest BCUT2D eigenvalue weighted by Crippen LogP contribution is 2.18. The lowest BCUT2D eigenvalue weighted by atomic mass is 10.2. The lowest BCUT2D eigenvalue weighted by Gasteiger charge is -2.09. The largest absolute Gasteiger partial charge is 0.494 e. The second kappa shape index (κ2) is 8.91. The molecule has 33 heavy (non-hydrogen) atoms. The molecule has 0 fully saturated rings. The minimum absolute atomic E-state index is 0.00837. The number of benzene rings is 2. The van der Waals surface area contributed by atoms with Crippen LogP contribution in [0.5, 0.6) is 5.75 Å². The SMILES string of the molecule is CCOc1ccc(-n2c(=O)[nH]c3nc4cc(NC(=O)CCC(=O)O)ccc4nc3c2=O)cc1. The predicted molar refractivity (Wildman–Crippen MR) is 120 cm³/mol. The number of amides is 1. The van der Waals surface area contributed by atoms with Crippen molar-refractivity contribution in [2.45, 2.75) is 19.8 Å². The van der Waals surface area contributed by atoms with Crippen LogP contribution in [0.2, 0.25) is 0 Å². The maximum absolute atomic E-state index is 13.0. The first kappa shape index (κ1) is 21.7. The Balaban J connectivity index is 1.72. The summed E-state index contributed by atoms with van der Waals surface area (Å²) in [6.45, 7) is 2.35. The Morgan fingerprint density at radius 1 is 1.06 bits per heavy atom. The molecule has 0 radical (unpaired) electrons. The molecule has 11 heteroatoms. The van der Waals surface area contributed by atoms with Crippen LogP contribution in [0.25, 0.3) is 27.9 Å². The molecule has 0 atom stereocenters. The molecule has 0 aliphatic rings. The molecule has 2 aromatic carbocycles. The van der Waals surface area contributed by atoms with Gasteiger partial charge in [-0.1, -0.05) is 0 Å². The first-order valence-corrected chi connectivity index (χ1v) is 10.1. The zero-order chi connectivity index (χ0) is 23.5. The molecule has 0 aliphatic carbocycles. The van der Waals surface area contributed by atoms with Crippen LogP contribution in [0.3, 0.4) is 0 Å². The Bertz CT molecular complexity index is 1490. The van der Waals surface area contributed by atoms with Gasteiger partial charge in [0.05, 0.1) is 29.7 Å². The zero-order valence-electron chi connectivity index (χ0n) is 17.5. The average molecular weight is 449 g/mol. The van der Waals surface area contributed by atoms with E-state index >= 15 is 0 Å². The Morgan fingerprint density at radius 2 is 1.82 bits per heavy atom. The molecule has 3 N–H and O–H groups in total. The first-order valence-electron chi connectivity index (χ1n) is 10.1. The van der Waals surface area contributed by atoms with Gasteiger partial charge in [0.2, 0.25) is 5.91 Å². The monoisotopic (exact) mass is 449 g/mol. The molecule has 0 saturated carbocycles. The number of carboxylic acids is 1. The maximum Gasteiger partial charge on any atom is 0.334 e. The summed E-state index contributed by atoms with van der Waals surface area (Å²) < 4.78 is 6.35. The van der Waals surface area contributed by atoms with Crippen LogP contribution in [-0.2, 0) is 9.59 Å². The standard InChI is InChI=1S/C22H19N5O6/c1-2-33-14-6-4-13(5-7-14)27-21(31)19-20(26-22(27)32)25-16-11-12(3-8-15(16)24-19)23-17(28)9-10-18(29)30/h3-8,11H,2,9-10H2,1H3,(H,23,28)(H,29,30)(H,25,26,32). The van der Waals surface area contributed by atoms with Crippen molar-refractivity contribution in [3.8, 4) is 11.4 Å². The molecule has 11 nitrogen and oxygen atoms in total. The number of aliphatic carboxylic acids is 1.